The first kappa shape index (κ1) is 22.7. The minimum atomic E-state index is -0.643. The third-order valence-corrected chi connectivity index (χ3v) is 5.92. The molecule has 0 heterocycles. The number of hydrogen-bond donors (Lipinski definition) is 1. The van der Waals surface area contributed by atoms with Crippen molar-refractivity contribution in [2.45, 2.75) is 33.4 Å². The van der Waals surface area contributed by atoms with Crippen molar-refractivity contribution in [1.82, 2.24) is 10.2 Å². The molecule has 156 valence electrons. The molecule has 0 aliphatic heterocycles. The van der Waals surface area contributed by atoms with Gasteiger partial charge in [-0.3, -0.25) is 9.59 Å². The van der Waals surface area contributed by atoms with E-state index >= 15 is 0 Å². The molecule has 0 bridgehead atoms. The molecule has 0 radical (unpaired) electrons. The number of nitrogens with zero attached hydrogens (tertiary/aromatic N) is 1. The fourth-order valence-corrected chi connectivity index (χ4v) is 3.21. The molecule has 1 atom stereocenters. The molecule has 0 unspecified atom stereocenters. The van der Waals surface area contributed by atoms with E-state index in [9.17, 15) is 9.59 Å². The number of amides is 2. The zero-order valence-corrected chi connectivity index (χ0v) is 19.0. The zero-order valence-electron chi connectivity index (χ0n) is 17.4. The average Bonchev–Trinajstić information content (AvgIpc) is 2.72. The van der Waals surface area contributed by atoms with Gasteiger partial charge in [0, 0.05) is 18.1 Å². The number of carbonyl (C=O) groups is 2. The predicted molar refractivity (Wildman–Crippen MR) is 116 cm³/mol. The number of methoxy groups -OCH3 is 1. The summed E-state index contributed by atoms with van der Waals surface area (Å²) in [5, 5.41) is 2.60. The minimum Gasteiger partial charge on any atom is -0.497 e. The largest absolute Gasteiger partial charge is 0.497 e. The quantitative estimate of drug-likeness (QED) is 0.650. The lowest BCUT2D eigenvalue weighted by Gasteiger charge is -2.28. The molecule has 0 aromatic heterocycles. The van der Waals surface area contributed by atoms with E-state index in [0.29, 0.717) is 11.5 Å². The predicted octanol–water partition coefficient (Wildman–Crippen LogP) is 3.62. The third-order valence-electron chi connectivity index (χ3n) is 4.67. The molecule has 6 nitrogen and oxygen atoms in total. The van der Waals surface area contributed by atoms with Gasteiger partial charge in [-0.05, 0) is 61.7 Å². The van der Waals surface area contributed by atoms with E-state index < -0.39 is 6.04 Å². The van der Waals surface area contributed by atoms with Crippen LogP contribution in [-0.2, 0) is 16.1 Å². The Kier molecular flexibility index (Phi) is 8.08. The van der Waals surface area contributed by atoms with Gasteiger partial charge in [0.15, 0.2) is 6.61 Å². The van der Waals surface area contributed by atoms with Crippen molar-refractivity contribution in [2.24, 2.45) is 0 Å². The Labute approximate surface area is 180 Å². The van der Waals surface area contributed by atoms with Crippen molar-refractivity contribution in [1.29, 1.82) is 0 Å². The standard InChI is InChI=1S/C22H27BrN2O4/c1-14-9-19(10-15(2)21(14)23)29-13-20(26)25(16(3)22(27)24-4)12-17-7-6-8-18(11-17)28-5/h6-11,16H,12-13H2,1-5H3,(H,24,27)/t16-/m0/s1. The Morgan fingerprint density at radius 1 is 1.14 bits per heavy atom. The Bertz CT molecular complexity index is 862. The van der Waals surface area contributed by atoms with Crippen LogP contribution in [-0.4, -0.2) is 43.5 Å². The van der Waals surface area contributed by atoms with E-state index in [2.05, 4.69) is 21.2 Å². The maximum absolute atomic E-state index is 13.0. The highest BCUT2D eigenvalue weighted by Gasteiger charge is 2.26. The number of halogens is 1. The lowest BCUT2D eigenvalue weighted by Crippen LogP contribution is -2.48. The van der Waals surface area contributed by atoms with Crippen molar-refractivity contribution >= 4 is 27.7 Å². The maximum atomic E-state index is 13.0. The molecule has 1 N–H and O–H groups in total. The van der Waals surface area contributed by atoms with Crippen LogP contribution in [0.15, 0.2) is 40.9 Å². The Hall–Kier alpha value is -2.54. The van der Waals surface area contributed by atoms with Gasteiger partial charge in [-0.2, -0.15) is 0 Å². The lowest BCUT2D eigenvalue weighted by atomic mass is 10.1. The van der Waals surface area contributed by atoms with Crippen molar-refractivity contribution in [3.8, 4) is 11.5 Å². The summed E-state index contributed by atoms with van der Waals surface area (Å²) in [7, 11) is 3.14. The first-order valence-electron chi connectivity index (χ1n) is 9.30. The summed E-state index contributed by atoms with van der Waals surface area (Å²) in [6.45, 7) is 5.74. The summed E-state index contributed by atoms with van der Waals surface area (Å²) < 4.78 is 12.0. The summed E-state index contributed by atoms with van der Waals surface area (Å²) in [4.78, 5) is 26.7. The highest BCUT2D eigenvalue weighted by atomic mass is 79.9. The number of hydrogen-bond acceptors (Lipinski definition) is 4. The first-order valence-corrected chi connectivity index (χ1v) is 10.1. The summed E-state index contributed by atoms with van der Waals surface area (Å²) in [6, 6.07) is 10.5. The second kappa shape index (κ2) is 10.3. The average molecular weight is 463 g/mol. The Balaban J connectivity index is 2.18. The molecule has 0 saturated heterocycles. The van der Waals surface area contributed by atoms with E-state index in [-0.39, 0.29) is 25.0 Å². The molecule has 2 aromatic rings. The molecule has 0 fully saturated rings. The molecule has 2 amide bonds. The smallest absolute Gasteiger partial charge is 0.261 e. The zero-order chi connectivity index (χ0) is 21.6. The van der Waals surface area contributed by atoms with Crippen LogP contribution in [0.4, 0.5) is 0 Å². The minimum absolute atomic E-state index is 0.161. The summed E-state index contributed by atoms with van der Waals surface area (Å²) >= 11 is 3.52. The lowest BCUT2D eigenvalue weighted by molar-refractivity contribution is -0.142. The molecule has 0 spiro atoms. The molecule has 2 rings (SSSR count). The highest BCUT2D eigenvalue weighted by Crippen LogP contribution is 2.26. The van der Waals surface area contributed by atoms with Crippen LogP contribution >= 0.6 is 15.9 Å². The number of rotatable bonds is 8. The molecular formula is C22H27BrN2O4. The first-order chi connectivity index (χ1) is 13.8. The molecule has 0 aliphatic carbocycles. The summed E-state index contributed by atoms with van der Waals surface area (Å²) in [5.41, 5.74) is 2.92. The topological polar surface area (TPSA) is 67.9 Å². The number of carbonyl (C=O) groups excluding carboxylic acids is 2. The van der Waals surface area contributed by atoms with Gasteiger partial charge in [0.25, 0.3) is 5.91 Å². The van der Waals surface area contributed by atoms with Crippen LogP contribution in [0.1, 0.15) is 23.6 Å². The van der Waals surface area contributed by atoms with Crippen molar-refractivity contribution < 1.29 is 19.1 Å². The number of likely N-dealkylation sites (N-methyl/N-ethyl adjacent to an activating group) is 1. The van der Waals surface area contributed by atoms with Gasteiger partial charge in [0.2, 0.25) is 5.91 Å². The molecule has 0 saturated carbocycles. The maximum Gasteiger partial charge on any atom is 0.261 e. The van der Waals surface area contributed by atoms with Crippen molar-refractivity contribution in [3.05, 3.63) is 57.6 Å². The van der Waals surface area contributed by atoms with E-state index in [1.165, 1.54) is 4.90 Å². The number of aryl methyl sites for hydroxylation is 2. The van der Waals surface area contributed by atoms with Crippen molar-refractivity contribution in [2.75, 3.05) is 20.8 Å². The normalized spacial score (nSPS) is 11.5. The molecule has 2 aromatic carbocycles. The third kappa shape index (κ3) is 5.97. The molecule has 7 heteroatoms. The number of benzene rings is 2. The molecule has 0 aliphatic rings. The van der Waals surface area contributed by atoms with Gasteiger partial charge in [-0.15, -0.1) is 0 Å². The van der Waals surface area contributed by atoms with Crippen molar-refractivity contribution in [3.63, 3.8) is 0 Å². The van der Waals surface area contributed by atoms with E-state index in [1.807, 2.05) is 50.2 Å². The second-order valence-electron chi connectivity index (χ2n) is 6.82. The van der Waals surface area contributed by atoms with E-state index in [4.69, 9.17) is 9.47 Å². The van der Waals surface area contributed by atoms with Gasteiger partial charge in [-0.25, -0.2) is 0 Å². The fraction of sp³-hybridized carbons (Fsp3) is 0.364. The fourth-order valence-electron chi connectivity index (χ4n) is 2.98. The van der Waals surface area contributed by atoms with E-state index in [1.54, 1.807) is 21.1 Å². The van der Waals surface area contributed by atoms with Crippen LogP contribution in [0, 0.1) is 13.8 Å². The van der Waals surface area contributed by atoms with Crippen LogP contribution in [0.2, 0.25) is 0 Å². The Morgan fingerprint density at radius 3 is 2.38 bits per heavy atom. The SMILES string of the molecule is CNC(=O)[C@H](C)N(Cc1cccc(OC)c1)C(=O)COc1cc(C)c(Br)c(C)c1. The van der Waals surface area contributed by atoms with Crippen LogP contribution < -0.4 is 14.8 Å². The summed E-state index contributed by atoms with van der Waals surface area (Å²) in [6.07, 6.45) is 0. The van der Waals surface area contributed by atoms with Gasteiger partial charge < -0.3 is 19.7 Å². The van der Waals surface area contributed by atoms with Gasteiger partial charge >= 0.3 is 0 Å². The summed E-state index contributed by atoms with van der Waals surface area (Å²) in [5.74, 6) is 0.795. The van der Waals surface area contributed by atoms with E-state index in [0.717, 1.165) is 21.2 Å². The van der Waals surface area contributed by atoms with Gasteiger partial charge in [0.1, 0.15) is 17.5 Å². The number of nitrogens with one attached hydrogen (secondary N) is 1. The monoisotopic (exact) mass is 462 g/mol. The van der Waals surface area contributed by atoms with Crippen LogP contribution in [0.5, 0.6) is 11.5 Å². The Morgan fingerprint density at radius 2 is 1.79 bits per heavy atom. The second-order valence-corrected chi connectivity index (χ2v) is 7.62. The van der Waals surface area contributed by atoms with Crippen LogP contribution in [0.3, 0.4) is 0 Å². The molecule has 29 heavy (non-hydrogen) atoms. The highest BCUT2D eigenvalue weighted by molar-refractivity contribution is 9.10. The van der Waals surface area contributed by atoms with Gasteiger partial charge in [0.05, 0.1) is 7.11 Å². The van der Waals surface area contributed by atoms with Crippen LogP contribution in [0.25, 0.3) is 0 Å². The molecular weight excluding hydrogens is 436 g/mol. The van der Waals surface area contributed by atoms with Gasteiger partial charge in [-0.1, -0.05) is 28.1 Å². The number of ether oxygens (including phenoxy) is 2.